The smallest absolute Gasteiger partial charge is 0.334 e. The van der Waals surface area contributed by atoms with E-state index in [1.54, 1.807) is 13.8 Å². The summed E-state index contributed by atoms with van der Waals surface area (Å²) >= 11 is 0. The molecular weight excluding hydrogens is 144 g/mol. The largest absolute Gasteiger partial charge is 0.498 e. The van der Waals surface area contributed by atoms with E-state index in [1.807, 2.05) is 6.92 Å². The lowest BCUT2D eigenvalue weighted by molar-refractivity contribution is -0.137. The average molecular weight is 158 g/mol. The molecule has 0 bridgehead atoms. The number of rotatable bonds is 4. The Kier molecular flexibility index (Phi) is 5.25. The zero-order chi connectivity index (χ0) is 8.69. The molecule has 0 saturated heterocycles. The molecule has 0 rings (SSSR count). The third kappa shape index (κ3) is 5.45. The van der Waals surface area contributed by atoms with Crippen molar-refractivity contribution < 1.29 is 14.3 Å². The van der Waals surface area contributed by atoms with Crippen molar-refractivity contribution in [2.75, 3.05) is 13.2 Å². The molecule has 0 aliphatic carbocycles. The SMILES string of the molecule is CCOC(=O)/C=C(/C)OCC. The maximum absolute atomic E-state index is 10.7. The van der Waals surface area contributed by atoms with Crippen molar-refractivity contribution in [3.8, 4) is 0 Å². The van der Waals surface area contributed by atoms with E-state index < -0.39 is 0 Å². The molecule has 0 amide bonds. The van der Waals surface area contributed by atoms with Gasteiger partial charge in [0.2, 0.25) is 0 Å². The first kappa shape index (κ1) is 10.0. The maximum Gasteiger partial charge on any atom is 0.334 e. The minimum atomic E-state index is -0.349. The van der Waals surface area contributed by atoms with Crippen molar-refractivity contribution in [2.45, 2.75) is 20.8 Å². The Morgan fingerprint density at radius 2 is 1.82 bits per heavy atom. The quantitative estimate of drug-likeness (QED) is 0.353. The third-order valence-corrected chi connectivity index (χ3v) is 0.980. The van der Waals surface area contributed by atoms with E-state index in [1.165, 1.54) is 6.08 Å². The monoisotopic (exact) mass is 158 g/mol. The molecule has 64 valence electrons. The molecule has 0 atom stereocenters. The first-order valence-electron chi connectivity index (χ1n) is 3.68. The Labute approximate surface area is 67.0 Å². The number of esters is 1. The van der Waals surface area contributed by atoms with Crippen LogP contribution < -0.4 is 0 Å². The molecule has 0 radical (unpaired) electrons. The highest BCUT2D eigenvalue weighted by Crippen LogP contribution is 1.95. The van der Waals surface area contributed by atoms with Gasteiger partial charge in [-0.05, 0) is 20.8 Å². The van der Waals surface area contributed by atoms with E-state index in [2.05, 4.69) is 4.74 Å². The zero-order valence-electron chi connectivity index (χ0n) is 7.22. The molecule has 0 saturated carbocycles. The van der Waals surface area contributed by atoms with Crippen LogP contribution in [-0.2, 0) is 14.3 Å². The van der Waals surface area contributed by atoms with Gasteiger partial charge >= 0.3 is 5.97 Å². The topological polar surface area (TPSA) is 35.5 Å². The molecule has 3 nitrogen and oxygen atoms in total. The van der Waals surface area contributed by atoms with Crippen molar-refractivity contribution in [3.63, 3.8) is 0 Å². The lowest BCUT2D eigenvalue weighted by atomic mass is 10.5. The summed E-state index contributed by atoms with van der Waals surface area (Å²) in [7, 11) is 0. The molecule has 11 heavy (non-hydrogen) atoms. The highest BCUT2D eigenvalue weighted by molar-refractivity contribution is 5.82. The van der Waals surface area contributed by atoms with Crippen molar-refractivity contribution in [3.05, 3.63) is 11.8 Å². The highest BCUT2D eigenvalue weighted by atomic mass is 16.5. The van der Waals surface area contributed by atoms with Crippen molar-refractivity contribution in [1.82, 2.24) is 0 Å². The molecular formula is C8H14O3. The summed E-state index contributed by atoms with van der Waals surface area (Å²) < 4.78 is 9.68. The van der Waals surface area contributed by atoms with Crippen LogP contribution in [0.3, 0.4) is 0 Å². The predicted molar refractivity (Wildman–Crippen MR) is 42.0 cm³/mol. The molecule has 0 aliphatic rings. The number of carbonyl (C=O) groups is 1. The summed E-state index contributed by atoms with van der Waals surface area (Å²) in [4.78, 5) is 10.7. The molecule has 0 aromatic carbocycles. The zero-order valence-corrected chi connectivity index (χ0v) is 7.22. The van der Waals surface area contributed by atoms with Crippen LogP contribution in [0.2, 0.25) is 0 Å². The van der Waals surface area contributed by atoms with E-state index in [9.17, 15) is 4.79 Å². The molecule has 3 heteroatoms. The second-order valence-corrected chi connectivity index (χ2v) is 1.94. The van der Waals surface area contributed by atoms with E-state index >= 15 is 0 Å². The van der Waals surface area contributed by atoms with E-state index in [0.29, 0.717) is 19.0 Å². The number of carbonyl (C=O) groups excluding carboxylic acids is 1. The first-order chi connectivity index (χ1) is 5.20. The van der Waals surface area contributed by atoms with Crippen LogP contribution in [0.25, 0.3) is 0 Å². The van der Waals surface area contributed by atoms with Crippen LogP contribution >= 0.6 is 0 Å². The number of hydrogen-bond donors (Lipinski definition) is 0. The van der Waals surface area contributed by atoms with Crippen LogP contribution in [0.5, 0.6) is 0 Å². The molecule has 0 heterocycles. The van der Waals surface area contributed by atoms with Crippen molar-refractivity contribution in [1.29, 1.82) is 0 Å². The lowest BCUT2D eigenvalue weighted by Crippen LogP contribution is -2.01. The molecule has 0 fully saturated rings. The van der Waals surface area contributed by atoms with Crippen LogP contribution in [0, 0.1) is 0 Å². The number of ether oxygens (including phenoxy) is 2. The average Bonchev–Trinajstić information content (AvgIpc) is 1.87. The van der Waals surface area contributed by atoms with E-state index in [-0.39, 0.29) is 5.97 Å². The molecule has 0 aliphatic heterocycles. The summed E-state index contributed by atoms with van der Waals surface area (Å²) in [5.74, 6) is 0.240. The molecule has 0 unspecified atom stereocenters. The summed E-state index contributed by atoms with van der Waals surface area (Å²) in [6.07, 6.45) is 1.34. The Bertz CT molecular complexity index is 149. The minimum absolute atomic E-state index is 0.349. The van der Waals surface area contributed by atoms with Crippen LogP contribution in [0.1, 0.15) is 20.8 Å². The summed E-state index contributed by atoms with van der Waals surface area (Å²) in [5.41, 5.74) is 0. The van der Waals surface area contributed by atoms with Crippen LogP contribution in [-0.4, -0.2) is 19.2 Å². The van der Waals surface area contributed by atoms with Crippen molar-refractivity contribution >= 4 is 5.97 Å². The van der Waals surface area contributed by atoms with E-state index in [4.69, 9.17) is 4.74 Å². The van der Waals surface area contributed by atoms with Gasteiger partial charge < -0.3 is 9.47 Å². The fourth-order valence-electron chi connectivity index (χ4n) is 0.619. The summed E-state index contributed by atoms with van der Waals surface area (Å²) in [6.45, 7) is 6.32. The Morgan fingerprint density at radius 1 is 1.27 bits per heavy atom. The van der Waals surface area contributed by atoms with Gasteiger partial charge in [-0.1, -0.05) is 0 Å². The maximum atomic E-state index is 10.7. The molecule has 0 aromatic heterocycles. The Morgan fingerprint density at radius 3 is 2.27 bits per heavy atom. The van der Waals surface area contributed by atoms with Gasteiger partial charge in [0.1, 0.15) is 5.76 Å². The molecule has 0 spiro atoms. The van der Waals surface area contributed by atoms with Crippen molar-refractivity contribution in [2.24, 2.45) is 0 Å². The van der Waals surface area contributed by atoms with Crippen LogP contribution in [0.4, 0.5) is 0 Å². The fraction of sp³-hybridized carbons (Fsp3) is 0.625. The standard InChI is InChI=1S/C8H14O3/c1-4-10-7(3)6-8(9)11-5-2/h6H,4-5H2,1-3H3/b7-6-. The van der Waals surface area contributed by atoms with Gasteiger partial charge in [0.25, 0.3) is 0 Å². The van der Waals surface area contributed by atoms with Gasteiger partial charge in [-0.2, -0.15) is 0 Å². The number of allylic oxidation sites excluding steroid dienone is 1. The molecule has 0 aromatic rings. The second-order valence-electron chi connectivity index (χ2n) is 1.94. The Hall–Kier alpha value is -0.990. The van der Waals surface area contributed by atoms with Gasteiger partial charge in [-0.3, -0.25) is 0 Å². The van der Waals surface area contributed by atoms with E-state index in [0.717, 1.165) is 0 Å². The van der Waals surface area contributed by atoms with Crippen LogP contribution in [0.15, 0.2) is 11.8 Å². The third-order valence-electron chi connectivity index (χ3n) is 0.980. The highest BCUT2D eigenvalue weighted by Gasteiger charge is 1.96. The predicted octanol–water partition coefficient (Wildman–Crippen LogP) is 1.49. The van der Waals surface area contributed by atoms with Gasteiger partial charge in [0.05, 0.1) is 19.3 Å². The normalized spacial score (nSPS) is 11.0. The second kappa shape index (κ2) is 5.77. The van der Waals surface area contributed by atoms with Gasteiger partial charge in [-0.15, -0.1) is 0 Å². The van der Waals surface area contributed by atoms with Gasteiger partial charge in [0.15, 0.2) is 0 Å². The minimum Gasteiger partial charge on any atom is -0.498 e. The van der Waals surface area contributed by atoms with Gasteiger partial charge in [0, 0.05) is 0 Å². The van der Waals surface area contributed by atoms with Gasteiger partial charge in [-0.25, -0.2) is 4.79 Å². The first-order valence-corrected chi connectivity index (χ1v) is 3.68. The number of hydrogen-bond acceptors (Lipinski definition) is 3. The fourth-order valence-corrected chi connectivity index (χ4v) is 0.619. The Balaban J connectivity index is 3.76. The molecule has 0 N–H and O–H groups in total. The summed E-state index contributed by atoms with van der Waals surface area (Å²) in [6, 6.07) is 0. The lowest BCUT2D eigenvalue weighted by Gasteiger charge is -2.01. The summed E-state index contributed by atoms with van der Waals surface area (Å²) in [5, 5.41) is 0.